The second-order valence-electron chi connectivity index (χ2n) is 10.3. The van der Waals surface area contributed by atoms with Crippen LogP contribution in [0.3, 0.4) is 0 Å². The van der Waals surface area contributed by atoms with Crippen molar-refractivity contribution in [3.8, 4) is 5.75 Å². The van der Waals surface area contributed by atoms with Gasteiger partial charge >= 0.3 is 0 Å². The van der Waals surface area contributed by atoms with Crippen molar-refractivity contribution >= 4 is 40.9 Å². The van der Waals surface area contributed by atoms with Crippen LogP contribution in [0.5, 0.6) is 5.75 Å². The molecule has 1 aliphatic carbocycles. The van der Waals surface area contributed by atoms with E-state index < -0.39 is 24.0 Å². The van der Waals surface area contributed by atoms with E-state index in [1.165, 1.54) is 4.90 Å². The average Bonchev–Trinajstić information content (AvgIpc) is 3.77. The fraction of sp³-hybridized carbons (Fsp3) is 0.483. The topological polar surface area (TPSA) is 99.8 Å². The van der Waals surface area contributed by atoms with Crippen LogP contribution in [0.4, 0.5) is 0 Å². The number of aryl methyl sites for hydroxylation is 1. The molecule has 2 aromatic rings. The van der Waals surface area contributed by atoms with Gasteiger partial charge in [0.15, 0.2) is 0 Å². The summed E-state index contributed by atoms with van der Waals surface area (Å²) >= 11 is 12.3. The quantitative estimate of drug-likeness (QED) is 0.522. The van der Waals surface area contributed by atoms with Crippen molar-refractivity contribution < 1.29 is 19.1 Å². The van der Waals surface area contributed by atoms with E-state index in [4.69, 9.17) is 27.9 Å². The third-order valence-electron chi connectivity index (χ3n) is 7.34. The predicted molar refractivity (Wildman–Crippen MR) is 152 cm³/mol. The third-order valence-corrected chi connectivity index (χ3v) is 8.08. The maximum atomic E-state index is 13.4. The van der Waals surface area contributed by atoms with Gasteiger partial charge in [0.2, 0.25) is 17.7 Å². The number of benzene rings is 2. The molecule has 0 aromatic heterocycles. The van der Waals surface area contributed by atoms with Gasteiger partial charge in [-0.05, 0) is 67.9 Å². The second kappa shape index (κ2) is 13.5. The molecule has 1 fully saturated rings. The molecule has 2 aliphatic rings. The second-order valence-corrected chi connectivity index (χ2v) is 11.1. The van der Waals surface area contributed by atoms with Crippen LogP contribution in [0, 0.1) is 5.92 Å². The van der Waals surface area contributed by atoms with Gasteiger partial charge in [0.1, 0.15) is 24.4 Å². The maximum Gasteiger partial charge on any atom is 0.243 e. The van der Waals surface area contributed by atoms with E-state index in [9.17, 15) is 14.4 Å². The SMILES string of the molecule is C[C@@H]1C(=O)N[C@H](Cc2ccc(Cl)c(Cl)c2)C(=O)NCCCc2ccccc2OCCN[C@@H](C2CC2)C(=O)N1C. The Morgan fingerprint density at radius 2 is 1.77 bits per heavy atom. The Hall–Kier alpha value is -2.81. The lowest BCUT2D eigenvalue weighted by Gasteiger charge is -2.30. The zero-order valence-corrected chi connectivity index (χ0v) is 23.9. The molecular formula is C29H36Cl2N4O4. The summed E-state index contributed by atoms with van der Waals surface area (Å²) in [6, 6.07) is 11.0. The first-order valence-electron chi connectivity index (χ1n) is 13.5. The molecule has 3 amide bonds. The lowest BCUT2D eigenvalue weighted by molar-refractivity contribution is -0.141. The van der Waals surface area contributed by atoms with E-state index in [-0.39, 0.29) is 24.2 Å². The van der Waals surface area contributed by atoms with E-state index in [0.717, 1.165) is 36.1 Å². The molecule has 1 saturated carbocycles. The predicted octanol–water partition coefficient (Wildman–Crippen LogP) is 3.38. The molecule has 1 heterocycles. The molecule has 4 rings (SSSR count). The molecule has 0 bridgehead atoms. The fourth-order valence-corrected chi connectivity index (χ4v) is 5.04. The summed E-state index contributed by atoms with van der Waals surface area (Å²) in [6.45, 7) is 3.03. The summed E-state index contributed by atoms with van der Waals surface area (Å²) in [7, 11) is 1.63. The minimum Gasteiger partial charge on any atom is -0.492 e. The molecule has 3 N–H and O–H groups in total. The molecule has 3 atom stereocenters. The summed E-state index contributed by atoms with van der Waals surface area (Å²) in [5, 5.41) is 9.97. The molecular weight excluding hydrogens is 539 g/mol. The van der Waals surface area contributed by atoms with Crippen LogP contribution in [0.25, 0.3) is 0 Å². The molecule has 1 aliphatic heterocycles. The normalized spacial score (nSPS) is 24.1. The van der Waals surface area contributed by atoms with Gasteiger partial charge in [0.05, 0.1) is 16.1 Å². The van der Waals surface area contributed by atoms with Crippen LogP contribution in [0.1, 0.15) is 37.3 Å². The molecule has 0 saturated heterocycles. The molecule has 0 unspecified atom stereocenters. The van der Waals surface area contributed by atoms with Gasteiger partial charge in [0.25, 0.3) is 0 Å². The van der Waals surface area contributed by atoms with Crippen molar-refractivity contribution in [3.63, 3.8) is 0 Å². The fourth-order valence-electron chi connectivity index (χ4n) is 4.72. The first kappa shape index (κ1) is 29.2. The molecule has 0 spiro atoms. The van der Waals surface area contributed by atoms with Crippen LogP contribution in [-0.4, -0.2) is 67.5 Å². The van der Waals surface area contributed by atoms with Crippen LogP contribution in [-0.2, 0) is 27.2 Å². The Bertz CT molecular complexity index is 1190. The molecule has 8 nitrogen and oxygen atoms in total. The number of likely N-dealkylation sites (N-methyl/N-ethyl adjacent to an activating group) is 1. The largest absolute Gasteiger partial charge is 0.492 e. The minimum absolute atomic E-state index is 0.146. The number of amides is 3. The highest BCUT2D eigenvalue weighted by Crippen LogP contribution is 2.33. The number of nitrogens with zero attached hydrogens (tertiary/aromatic N) is 1. The number of halogens is 2. The maximum absolute atomic E-state index is 13.4. The van der Waals surface area contributed by atoms with Gasteiger partial charge in [0, 0.05) is 26.6 Å². The van der Waals surface area contributed by atoms with Gasteiger partial charge in [-0.15, -0.1) is 0 Å². The van der Waals surface area contributed by atoms with Crippen molar-refractivity contribution in [2.45, 2.75) is 57.2 Å². The third kappa shape index (κ3) is 7.87. The Labute approximate surface area is 239 Å². The lowest BCUT2D eigenvalue weighted by Crippen LogP contribution is -2.56. The number of hydrogen-bond acceptors (Lipinski definition) is 5. The van der Waals surface area contributed by atoms with Gasteiger partial charge < -0.3 is 25.6 Å². The van der Waals surface area contributed by atoms with Crippen LogP contribution >= 0.6 is 23.2 Å². The Morgan fingerprint density at radius 3 is 2.51 bits per heavy atom. The van der Waals surface area contributed by atoms with Crippen LogP contribution in [0.15, 0.2) is 42.5 Å². The van der Waals surface area contributed by atoms with E-state index in [2.05, 4.69) is 16.0 Å². The number of ether oxygens (including phenoxy) is 1. The number of para-hydroxylation sites is 1. The standard InChI is InChI=1S/C29H36Cl2N4O4/c1-18-27(36)34-24(17-19-9-12-22(30)23(31)16-19)28(37)33-13-5-7-20-6-3-4-8-25(20)39-15-14-32-26(21-10-11-21)29(38)35(18)2/h3-4,6,8-9,12,16,18,21,24,26,32H,5,7,10-11,13-15,17H2,1-2H3,(H,33,37)(H,34,36)/t18-,24-,26+/m1/s1. The number of carbonyl (C=O) groups is 3. The number of rotatable bonds is 3. The zero-order chi connectivity index (χ0) is 27.9. The molecule has 10 heteroatoms. The highest BCUT2D eigenvalue weighted by Gasteiger charge is 2.39. The van der Waals surface area contributed by atoms with Gasteiger partial charge in [-0.3, -0.25) is 14.4 Å². The number of carbonyl (C=O) groups excluding carboxylic acids is 3. The van der Waals surface area contributed by atoms with Crippen LogP contribution in [0.2, 0.25) is 10.0 Å². The zero-order valence-electron chi connectivity index (χ0n) is 22.3. The molecule has 2 aromatic carbocycles. The molecule has 0 radical (unpaired) electrons. The lowest BCUT2D eigenvalue weighted by atomic mass is 10.0. The monoisotopic (exact) mass is 574 g/mol. The van der Waals surface area contributed by atoms with Gasteiger partial charge in [-0.2, -0.15) is 0 Å². The van der Waals surface area contributed by atoms with Crippen molar-refractivity contribution in [3.05, 3.63) is 63.6 Å². The van der Waals surface area contributed by atoms with Crippen molar-refractivity contribution in [2.24, 2.45) is 5.92 Å². The van der Waals surface area contributed by atoms with Crippen molar-refractivity contribution in [1.82, 2.24) is 20.9 Å². The first-order chi connectivity index (χ1) is 18.7. The highest BCUT2D eigenvalue weighted by atomic mass is 35.5. The van der Waals surface area contributed by atoms with E-state index in [0.29, 0.717) is 36.2 Å². The van der Waals surface area contributed by atoms with Gasteiger partial charge in [-0.25, -0.2) is 0 Å². The highest BCUT2D eigenvalue weighted by molar-refractivity contribution is 6.42. The summed E-state index contributed by atoms with van der Waals surface area (Å²) in [5.74, 6) is 0.183. The van der Waals surface area contributed by atoms with Crippen molar-refractivity contribution in [1.29, 1.82) is 0 Å². The van der Waals surface area contributed by atoms with Gasteiger partial charge in [-0.1, -0.05) is 47.5 Å². The summed E-state index contributed by atoms with van der Waals surface area (Å²) in [6.07, 6.45) is 3.58. The smallest absolute Gasteiger partial charge is 0.243 e. The number of hydrogen-bond donors (Lipinski definition) is 3. The van der Waals surface area contributed by atoms with Crippen LogP contribution < -0.4 is 20.7 Å². The summed E-state index contributed by atoms with van der Waals surface area (Å²) in [5.41, 5.74) is 1.81. The Kier molecular flexibility index (Phi) is 10.1. The number of fused-ring (bicyclic) bond motifs is 1. The van der Waals surface area contributed by atoms with E-state index in [1.54, 1.807) is 32.2 Å². The van der Waals surface area contributed by atoms with E-state index >= 15 is 0 Å². The van der Waals surface area contributed by atoms with E-state index in [1.807, 2.05) is 24.3 Å². The summed E-state index contributed by atoms with van der Waals surface area (Å²) < 4.78 is 6.05. The Balaban J connectivity index is 1.55. The first-order valence-corrected chi connectivity index (χ1v) is 14.2. The Morgan fingerprint density at radius 1 is 1.00 bits per heavy atom. The molecule has 39 heavy (non-hydrogen) atoms. The minimum atomic E-state index is -0.854. The summed E-state index contributed by atoms with van der Waals surface area (Å²) in [4.78, 5) is 41.4. The average molecular weight is 576 g/mol. The molecule has 210 valence electrons. The number of nitrogens with one attached hydrogen (secondary N) is 3. The van der Waals surface area contributed by atoms with Crippen molar-refractivity contribution in [2.75, 3.05) is 26.7 Å².